The predicted octanol–water partition coefficient (Wildman–Crippen LogP) is 4.63. The lowest BCUT2D eigenvalue weighted by Crippen LogP contribution is -2.23. The third-order valence-electron chi connectivity index (χ3n) is 4.09. The van der Waals surface area contributed by atoms with E-state index in [0.717, 1.165) is 28.9 Å². The van der Waals surface area contributed by atoms with Crippen LogP contribution >= 0.6 is 0 Å². The molecule has 2 aromatic carbocycles. The van der Waals surface area contributed by atoms with Crippen molar-refractivity contribution in [3.05, 3.63) is 82.8 Å². The molecule has 0 saturated carbocycles. The summed E-state index contributed by atoms with van der Waals surface area (Å²) in [4.78, 5) is 1.65. The molecule has 2 rings (SSSR count). The summed E-state index contributed by atoms with van der Waals surface area (Å²) in [5.41, 5.74) is 2.11. The highest BCUT2D eigenvalue weighted by molar-refractivity contribution is 7.89. The van der Waals surface area contributed by atoms with Crippen LogP contribution in [0.1, 0.15) is 30.9 Å². The van der Waals surface area contributed by atoms with Crippen molar-refractivity contribution in [1.29, 1.82) is 0 Å². The second kappa shape index (κ2) is 10.5. The fourth-order valence-electron chi connectivity index (χ4n) is 2.42. The Labute approximate surface area is 170 Å². The molecule has 0 bridgehead atoms. The first-order valence-electron chi connectivity index (χ1n) is 9.25. The monoisotopic (exact) mass is 417 g/mol. The lowest BCUT2D eigenvalue weighted by Gasteiger charge is -2.06. The molecule has 0 aliphatic rings. The molecule has 4 nitrogen and oxygen atoms in total. The second-order valence-electron chi connectivity index (χ2n) is 6.54. The molecule has 0 amide bonds. The summed E-state index contributed by atoms with van der Waals surface area (Å²) in [6, 6.07) is 14.3. The van der Waals surface area contributed by atoms with Gasteiger partial charge in [0.2, 0.25) is 10.0 Å². The predicted molar refractivity (Wildman–Crippen MR) is 116 cm³/mol. The zero-order chi connectivity index (χ0) is 20.6. The Morgan fingerprint density at radius 3 is 2.14 bits per heavy atom. The third kappa shape index (κ3) is 6.55. The summed E-state index contributed by atoms with van der Waals surface area (Å²) in [6.45, 7) is 6.08. The average molecular weight is 418 g/mol. The Balaban J connectivity index is 2.08. The number of hydrogen-bond acceptors (Lipinski definition) is 3. The van der Waals surface area contributed by atoms with E-state index in [9.17, 15) is 12.6 Å². The molecule has 0 fully saturated rings. The molecule has 2 aromatic rings. The average Bonchev–Trinajstić information content (AvgIpc) is 2.68. The SMILES string of the molecule is CCC/C=C(/C=C/CNS(=O)(=O)c1ccc(C)cc1)S(=O)c1ccc(C)cc1. The summed E-state index contributed by atoms with van der Waals surface area (Å²) >= 11 is 0. The van der Waals surface area contributed by atoms with Crippen LogP contribution in [-0.4, -0.2) is 19.2 Å². The molecule has 1 N–H and O–H groups in total. The quantitative estimate of drug-likeness (QED) is 0.605. The van der Waals surface area contributed by atoms with Crippen LogP contribution in [0.5, 0.6) is 0 Å². The fourth-order valence-corrected chi connectivity index (χ4v) is 4.54. The van der Waals surface area contributed by atoms with Crippen molar-refractivity contribution in [1.82, 2.24) is 4.72 Å². The van der Waals surface area contributed by atoms with E-state index in [0.29, 0.717) is 4.91 Å². The fraction of sp³-hybridized carbons (Fsp3) is 0.273. The van der Waals surface area contributed by atoms with E-state index in [1.165, 1.54) is 0 Å². The minimum atomic E-state index is -3.57. The summed E-state index contributed by atoms with van der Waals surface area (Å²) in [7, 11) is -4.86. The topological polar surface area (TPSA) is 63.2 Å². The Kier molecular flexibility index (Phi) is 8.35. The first-order chi connectivity index (χ1) is 13.3. The molecule has 0 aliphatic heterocycles. The van der Waals surface area contributed by atoms with Gasteiger partial charge < -0.3 is 0 Å². The van der Waals surface area contributed by atoms with E-state index in [-0.39, 0.29) is 11.4 Å². The number of unbranched alkanes of at least 4 members (excludes halogenated alkanes) is 1. The van der Waals surface area contributed by atoms with Crippen LogP contribution in [0.3, 0.4) is 0 Å². The van der Waals surface area contributed by atoms with Crippen molar-refractivity contribution >= 4 is 20.8 Å². The Morgan fingerprint density at radius 2 is 1.57 bits per heavy atom. The molecule has 1 unspecified atom stereocenters. The van der Waals surface area contributed by atoms with E-state index < -0.39 is 20.8 Å². The molecule has 0 radical (unpaired) electrons. The van der Waals surface area contributed by atoms with Crippen LogP contribution < -0.4 is 4.72 Å². The van der Waals surface area contributed by atoms with Crippen LogP contribution in [0, 0.1) is 13.8 Å². The summed E-state index contributed by atoms with van der Waals surface area (Å²) < 4.78 is 40.1. The minimum absolute atomic E-state index is 0.130. The molecular weight excluding hydrogens is 390 g/mol. The van der Waals surface area contributed by atoms with Gasteiger partial charge in [-0.05, 0) is 50.6 Å². The first-order valence-corrected chi connectivity index (χ1v) is 11.9. The van der Waals surface area contributed by atoms with Crippen molar-refractivity contribution < 1.29 is 12.6 Å². The molecule has 0 saturated heterocycles. The van der Waals surface area contributed by atoms with Gasteiger partial charge in [0.25, 0.3) is 0 Å². The van der Waals surface area contributed by atoms with Gasteiger partial charge in [-0.2, -0.15) is 0 Å². The smallest absolute Gasteiger partial charge is 0.240 e. The maximum atomic E-state index is 12.9. The molecule has 1 atom stereocenters. The van der Waals surface area contributed by atoms with Crippen LogP contribution in [0.25, 0.3) is 0 Å². The molecule has 28 heavy (non-hydrogen) atoms. The van der Waals surface area contributed by atoms with Gasteiger partial charge >= 0.3 is 0 Å². The molecule has 150 valence electrons. The highest BCUT2D eigenvalue weighted by Gasteiger charge is 2.12. The number of benzene rings is 2. The van der Waals surface area contributed by atoms with Crippen molar-refractivity contribution in [2.24, 2.45) is 0 Å². The van der Waals surface area contributed by atoms with E-state index in [2.05, 4.69) is 11.6 Å². The lowest BCUT2D eigenvalue weighted by atomic mass is 10.2. The van der Waals surface area contributed by atoms with E-state index >= 15 is 0 Å². The molecule has 0 aliphatic carbocycles. The van der Waals surface area contributed by atoms with Crippen molar-refractivity contribution in [2.45, 2.75) is 43.4 Å². The minimum Gasteiger partial charge on any atom is -0.249 e. The number of hydrogen-bond donors (Lipinski definition) is 1. The lowest BCUT2D eigenvalue weighted by molar-refractivity contribution is 0.585. The molecule has 0 spiro atoms. The second-order valence-corrected chi connectivity index (χ2v) is 9.79. The highest BCUT2D eigenvalue weighted by atomic mass is 32.2. The normalized spacial score (nSPS) is 13.8. The number of aryl methyl sites for hydroxylation is 2. The van der Waals surface area contributed by atoms with Crippen LogP contribution in [0.4, 0.5) is 0 Å². The standard InChI is InChI=1S/C22H27NO3S2/c1-4-5-7-20(27(24)21-13-9-18(2)10-14-21)8-6-17-23-28(25,26)22-15-11-19(3)12-16-22/h6-16,23H,4-5,17H2,1-3H3/b8-6+,20-7-. The molecular formula is C22H27NO3S2. The summed E-state index contributed by atoms with van der Waals surface area (Å²) in [5, 5.41) is 0. The van der Waals surface area contributed by atoms with E-state index in [1.807, 2.05) is 44.2 Å². The Morgan fingerprint density at radius 1 is 1.00 bits per heavy atom. The zero-order valence-electron chi connectivity index (χ0n) is 16.5. The van der Waals surface area contributed by atoms with E-state index in [4.69, 9.17) is 0 Å². The Hall–Kier alpha value is -2.02. The summed E-state index contributed by atoms with van der Waals surface area (Å²) in [5.74, 6) is 0. The Bertz CT molecular complexity index is 958. The van der Waals surface area contributed by atoms with Gasteiger partial charge in [0.15, 0.2) is 0 Å². The van der Waals surface area contributed by atoms with Crippen molar-refractivity contribution in [2.75, 3.05) is 6.54 Å². The van der Waals surface area contributed by atoms with Gasteiger partial charge in [0, 0.05) is 16.3 Å². The summed E-state index contributed by atoms with van der Waals surface area (Å²) in [6.07, 6.45) is 7.14. The zero-order valence-corrected chi connectivity index (χ0v) is 18.1. The number of nitrogens with one attached hydrogen (secondary N) is 1. The molecule has 0 heterocycles. The van der Waals surface area contributed by atoms with E-state index in [1.54, 1.807) is 36.4 Å². The molecule has 0 aromatic heterocycles. The van der Waals surface area contributed by atoms with Gasteiger partial charge in [0.05, 0.1) is 15.7 Å². The maximum absolute atomic E-state index is 12.9. The van der Waals surface area contributed by atoms with Crippen LogP contribution in [-0.2, 0) is 20.8 Å². The van der Waals surface area contributed by atoms with Crippen molar-refractivity contribution in [3.63, 3.8) is 0 Å². The van der Waals surface area contributed by atoms with Crippen LogP contribution in [0.2, 0.25) is 0 Å². The maximum Gasteiger partial charge on any atom is 0.240 e. The van der Waals surface area contributed by atoms with Gasteiger partial charge in [-0.15, -0.1) is 0 Å². The van der Waals surface area contributed by atoms with Gasteiger partial charge in [0.1, 0.15) is 0 Å². The largest absolute Gasteiger partial charge is 0.249 e. The molecule has 6 heteroatoms. The number of sulfonamides is 1. The third-order valence-corrected chi connectivity index (χ3v) is 6.96. The van der Waals surface area contributed by atoms with Gasteiger partial charge in [-0.25, -0.2) is 17.3 Å². The van der Waals surface area contributed by atoms with Crippen LogP contribution in [0.15, 0.2) is 81.5 Å². The number of allylic oxidation sites excluding steroid dienone is 2. The first kappa shape index (κ1) is 22.3. The number of rotatable bonds is 9. The van der Waals surface area contributed by atoms with Crippen molar-refractivity contribution in [3.8, 4) is 0 Å². The highest BCUT2D eigenvalue weighted by Crippen LogP contribution is 2.17. The van der Waals surface area contributed by atoms with Gasteiger partial charge in [-0.3, -0.25) is 0 Å². The van der Waals surface area contributed by atoms with Gasteiger partial charge in [-0.1, -0.05) is 60.9 Å².